The van der Waals surface area contributed by atoms with Crippen molar-refractivity contribution in [2.24, 2.45) is 15.7 Å². The Morgan fingerprint density at radius 3 is 2.48 bits per heavy atom. The Balaban J connectivity index is 2.32. The van der Waals surface area contributed by atoms with Gasteiger partial charge in [-0.25, -0.2) is 20.0 Å². The third-order valence-corrected chi connectivity index (χ3v) is 2.92. The van der Waals surface area contributed by atoms with E-state index in [0.29, 0.717) is 17.0 Å². The van der Waals surface area contributed by atoms with Gasteiger partial charge in [0.15, 0.2) is 11.5 Å². The predicted molar refractivity (Wildman–Crippen MR) is 90.1 cm³/mol. The highest BCUT2D eigenvalue weighted by Crippen LogP contribution is 2.12. The second-order valence-corrected chi connectivity index (χ2v) is 4.54. The summed E-state index contributed by atoms with van der Waals surface area (Å²) in [5.74, 6) is -0.535. The van der Waals surface area contributed by atoms with E-state index in [4.69, 9.17) is 5.73 Å². The van der Waals surface area contributed by atoms with Gasteiger partial charge < -0.3 is 11.1 Å². The first kappa shape index (κ1) is 16.0. The number of anilines is 1. The number of benzene rings is 1. The molecule has 2 aromatic rings. The van der Waals surface area contributed by atoms with Gasteiger partial charge in [0.05, 0.1) is 0 Å². The van der Waals surface area contributed by atoms with Crippen LogP contribution in [0.5, 0.6) is 0 Å². The minimum absolute atomic E-state index is 0.0230. The van der Waals surface area contributed by atoms with Crippen LogP contribution in [0.1, 0.15) is 12.5 Å². The predicted octanol–water partition coefficient (Wildman–Crippen LogP) is 1.75. The number of nitrogens with zero attached hydrogens (tertiary/aromatic N) is 4. The van der Waals surface area contributed by atoms with Crippen LogP contribution in [0.2, 0.25) is 0 Å². The van der Waals surface area contributed by atoms with Crippen molar-refractivity contribution in [2.45, 2.75) is 6.92 Å². The number of hydrogen-bond donors (Lipinski definition) is 2. The molecule has 1 aromatic heterocycles. The van der Waals surface area contributed by atoms with E-state index in [1.54, 1.807) is 31.5 Å². The fraction of sp³-hybridized carbons (Fsp3) is 0.0625. The van der Waals surface area contributed by atoms with E-state index in [-0.39, 0.29) is 11.5 Å². The Bertz CT molecular complexity index is 753. The Morgan fingerprint density at radius 1 is 1.22 bits per heavy atom. The molecule has 116 valence electrons. The van der Waals surface area contributed by atoms with Gasteiger partial charge in [-0.05, 0) is 25.8 Å². The number of nitrogens with two attached hydrogens (primary N) is 1. The molecule has 0 aliphatic rings. The normalized spacial score (nSPS) is 12.3. The largest absolute Gasteiger partial charge is 0.382 e. The number of para-hydroxylation sites is 1. The highest BCUT2D eigenvalue weighted by atomic mass is 16.2. The third kappa shape index (κ3) is 4.31. The number of rotatable bonds is 5. The number of aromatic nitrogens is 2. The highest BCUT2D eigenvalue weighted by molar-refractivity contribution is 6.08. The quantitative estimate of drug-likeness (QED) is 0.648. The van der Waals surface area contributed by atoms with Crippen molar-refractivity contribution < 1.29 is 4.79 Å². The van der Waals surface area contributed by atoms with Crippen LogP contribution in [0.4, 0.5) is 5.69 Å². The van der Waals surface area contributed by atoms with Gasteiger partial charge in [-0.2, -0.15) is 0 Å². The maximum Gasteiger partial charge on any atom is 0.278 e. The summed E-state index contributed by atoms with van der Waals surface area (Å²) in [7, 11) is 0. The van der Waals surface area contributed by atoms with E-state index in [9.17, 15) is 4.79 Å². The van der Waals surface area contributed by atoms with Gasteiger partial charge in [-0.15, -0.1) is 0 Å². The van der Waals surface area contributed by atoms with E-state index in [2.05, 4.69) is 32.0 Å². The van der Waals surface area contributed by atoms with E-state index in [1.807, 2.05) is 18.2 Å². The summed E-state index contributed by atoms with van der Waals surface area (Å²) in [5.41, 5.74) is 7.57. The van der Waals surface area contributed by atoms with Gasteiger partial charge in [0.1, 0.15) is 6.33 Å². The molecular weight excluding hydrogens is 292 g/mol. The van der Waals surface area contributed by atoms with Crippen LogP contribution < -0.4 is 11.1 Å². The Kier molecular flexibility index (Phi) is 5.30. The Labute approximate surface area is 133 Å². The molecule has 0 aliphatic carbocycles. The molecule has 3 N–H and O–H groups in total. The second-order valence-electron chi connectivity index (χ2n) is 4.54. The molecular formula is C16H16N6O. The maximum absolute atomic E-state index is 12.4. The smallest absolute Gasteiger partial charge is 0.278 e. The molecule has 0 saturated carbocycles. The molecule has 0 atom stereocenters. The molecule has 1 aromatic carbocycles. The number of hydrogen-bond acceptors (Lipinski definition) is 6. The zero-order chi connectivity index (χ0) is 16.7. The van der Waals surface area contributed by atoms with Crippen molar-refractivity contribution in [1.82, 2.24) is 9.97 Å². The third-order valence-electron chi connectivity index (χ3n) is 2.92. The van der Waals surface area contributed by atoms with E-state index in [0.717, 1.165) is 0 Å². The summed E-state index contributed by atoms with van der Waals surface area (Å²) < 4.78 is 0. The number of amides is 1. The van der Waals surface area contributed by atoms with Crippen LogP contribution in [0.25, 0.3) is 0 Å². The minimum atomic E-state index is -0.475. The minimum Gasteiger partial charge on any atom is -0.382 e. The SMILES string of the molecule is C=N/C(N)=C(\N=C(C)c1cncnc1)C(=O)Nc1ccccc1. The molecule has 0 bridgehead atoms. The molecule has 0 fully saturated rings. The number of nitrogens with one attached hydrogen (secondary N) is 1. The Morgan fingerprint density at radius 2 is 1.87 bits per heavy atom. The van der Waals surface area contributed by atoms with Crippen molar-refractivity contribution in [1.29, 1.82) is 0 Å². The number of carbonyl (C=O) groups excluding carboxylic acids is 1. The van der Waals surface area contributed by atoms with Crippen LogP contribution in [-0.4, -0.2) is 28.3 Å². The molecule has 7 heteroatoms. The van der Waals surface area contributed by atoms with Gasteiger partial charge >= 0.3 is 0 Å². The summed E-state index contributed by atoms with van der Waals surface area (Å²) in [6.45, 7) is 5.07. The van der Waals surface area contributed by atoms with Crippen molar-refractivity contribution in [2.75, 3.05) is 5.32 Å². The lowest BCUT2D eigenvalue weighted by molar-refractivity contribution is -0.112. The van der Waals surface area contributed by atoms with Crippen LogP contribution in [0.3, 0.4) is 0 Å². The van der Waals surface area contributed by atoms with Gasteiger partial charge in [0, 0.05) is 29.4 Å². The van der Waals surface area contributed by atoms with Crippen molar-refractivity contribution in [3.63, 3.8) is 0 Å². The van der Waals surface area contributed by atoms with Gasteiger partial charge in [0.25, 0.3) is 5.91 Å². The molecule has 23 heavy (non-hydrogen) atoms. The highest BCUT2D eigenvalue weighted by Gasteiger charge is 2.14. The lowest BCUT2D eigenvalue weighted by atomic mass is 10.2. The van der Waals surface area contributed by atoms with Crippen LogP contribution >= 0.6 is 0 Å². The standard InChI is InChI=1S/C16H16N6O/c1-11(12-8-19-10-20-9-12)21-14(15(17)18-2)16(23)22-13-6-4-3-5-7-13/h3-10H,2,17H2,1H3,(H,22,23)/b15-14-,21-11?. The lowest BCUT2D eigenvalue weighted by Gasteiger charge is -2.08. The summed E-state index contributed by atoms with van der Waals surface area (Å²) in [6.07, 6.45) is 4.60. The first-order valence-electron chi connectivity index (χ1n) is 6.75. The fourth-order valence-corrected chi connectivity index (χ4v) is 1.73. The molecule has 0 radical (unpaired) electrons. The Hall–Kier alpha value is -3.35. The molecule has 7 nitrogen and oxygen atoms in total. The van der Waals surface area contributed by atoms with Gasteiger partial charge in [-0.1, -0.05) is 18.2 Å². The van der Waals surface area contributed by atoms with Crippen molar-refractivity contribution >= 4 is 24.0 Å². The molecule has 0 unspecified atom stereocenters. The molecule has 1 amide bonds. The molecule has 0 aliphatic heterocycles. The summed E-state index contributed by atoms with van der Waals surface area (Å²) in [6, 6.07) is 8.99. The molecule has 0 spiro atoms. The average Bonchev–Trinajstić information content (AvgIpc) is 2.60. The lowest BCUT2D eigenvalue weighted by Crippen LogP contribution is -2.18. The summed E-state index contributed by atoms with van der Waals surface area (Å²) >= 11 is 0. The van der Waals surface area contributed by atoms with Crippen molar-refractivity contribution in [3.8, 4) is 0 Å². The zero-order valence-electron chi connectivity index (χ0n) is 12.6. The monoisotopic (exact) mass is 308 g/mol. The number of aliphatic imine (C=N–C) groups is 2. The van der Waals surface area contributed by atoms with E-state index in [1.165, 1.54) is 6.33 Å². The molecule has 0 saturated heterocycles. The first-order chi connectivity index (χ1) is 11.1. The van der Waals surface area contributed by atoms with Crippen LogP contribution in [0.15, 0.2) is 70.6 Å². The topological polar surface area (TPSA) is 106 Å². The zero-order valence-corrected chi connectivity index (χ0v) is 12.6. The molecule has 2 rings (SSSR count). The van der Waals surface area contributed by atoms with Crippen molar-refractivity contribution in [3.05, 3.63) is 66.1 Å². The fourth-order valence-electron chi connectivity index (χ4n) is 1.73. The van der Waals surface area contributed by atoms with E-state index >= 15 is 0 Å². The van der Waals surface area contributed by atoms with Gasteiger partial charge in [-0.3, -0.25) is 4.79 Å². The van der Waals surface area contributed by atoms with Crippen LogP contribution in [0, 0.1) is 0 Å². The summed E-state index contributed by atoms with van der Waals surface area (Å²) in [5, 5.41) is 2.71. The second kappa shape index (κ2) is 7.60. The van der Waals surface area contributed by atoms with Crippen LogP contribution in [-0.2, 0) is 4.79 Å². The molecule has 1 heterocycles. The van der Waals surface area contributed by atoms with Gasteiger partial charge in [0.2, 0.25) is 0 Å². The maximum atomic E-state index is 12.4. The average molecular weight is 308 g/mol. The first-order valence-corrected chi connectivity index (χ1v) is 6.75. The summed E-state index contributed by atoms with van der Waals surface area (Å²) in [4.78, 5) is 28.1. The number of carbonyl (C=O) groups is 1. The van der Waals surface area contributed by atoms with E-state index < -0.39 is 5.91 Å².